The van der Waals surface area contributed by atoms with Crippen molar-refractivity contribution in [2.75, 3.05) is 6.54 Å². The van der Waals surface area contributed by atoms with Crippen LogP contribution in [0.2, 0.25) is 0 Å². The summed E-state index contributed by atoms with van der Waals surface area (Å²) in [6.07, 6.45) is 0.174. The van der Waals surface area contributed by atoms with Crippen LogP contribution in [-0.4, -0.2) is 25.8 Å². The Labute approximate surface area is 154 Å². The van der Waals surface area contributed by atoms with E-state index in [-0.39, 0.29) is 25.4 Å². The first-order valence-electron chi connectivity index (χ1n) is 8.19. The molecule has 2 aromatic rings. The number of benzene rings is 2. The maximum absolute atomic E-state index is 13.9. The normalized spacial score (nSPS) is 17.3. The van der Waals surface area contributed by atoms with E-state index in [0.717, 1.165) is 18.2 Å². The Morgan fingerprint density at radius 2 is 1.81 bits per heavy atom. The van der Waals surface area contributed by atoms with Gasteiger partial charge in [-0.2, -0.15) is 0 Å². The zero-order chi connectivity index (χ0) is 19.8. The Balaban J connectivity index is 2.01. The fourth-order valence-electron chi connectivity index (χ4n) is 3.15. The van der Waals surface area contributed by atoms with E-state index in [9.17, 15) is 26.4 Å². The second-order valence-corrected chi connectivity index (χ2v) is 7.95. The van der Waals surface area contributed by atoms with E-state index in [2.05, 4.69) is 4.72 Å². The van der Waals surface area contributed by atoms with E-state index in [1.165, 1.54) is 30.0 Å². The van der Waals surface area contributed by atoms with Gasteiger partial charge in [0.25, 0.3) is 0 Å². The molecular formula is C18H17F3N2O3S. The number of fused-ring (bicyclic) bond motifs is 1. The third-order valence-electron chi connectivity index (χ3n) is 4.46. The van der Waals surface area contributed by atoms with E-state index in [1.807, 2.05) is 0 Å². The van der Waals surface area contributed by atoms with Crippen LogP contribution in [0.1, 0.15) is 30.5 Å². The van der Waals surface area contributed by atoms with Gasteiger partial charge in [-0.25, -0.2) is 26.3 Å². The molecule has 1 heterocycles. The van der Waals surface area contributed by atoms with Crippen molar-refractivity contribution >= 4 is 15.9 Å². The summed E-state index contributed by atoms with van der Waals surface area (Å²) < 4.78 is 69.0. The van der Waals surface area contributed by atoms with Crippen molar-refractivity contribution in [1.82, 2.24) is 9.62 Å². The maximum atomic E-state index is 13.9. The number of amides is 1. The van der Waals surface area contributed by atoms with Crippen LogP contribution in [0.15, 0.2) is 41.3 Å². The van der Waals surface area contributed by atoms with Crippen molar-refractivity contribution in [3.8, 4) is 0 Å². The van der Waals surface area contributed by atoms with E-state index < -0.39 is 38.4 Å². The molecule has 5 nitrogen and oxygen atoms in total. The molecule has 144 valence electrons. The number of sulfonamides is 1. The first kappa shape index (κ1) is 19.4. The Morgan fingerprint density at radius 1 is 1.15 bits per heavy atom. The van der Waals surface area contributed by atoms with Gasteiger partial charge in [0.2, 0.25) is 15.9 Å². The van der Waals surface area contributed by atoms with Crippen LogP contribution in [0.25, 0.3) is 0 Å². The van der Waals surface area contributed by atoms with E-state index in [1.54, 1.807) is 0 Å². The van der Waals surface area contributed by atoms with E-state index in [4.69, 9.17) is 0 Å². The lowest BCUT2D eigenvalue weighted by Gasteiger charge is -2.20. The number of nitrogens with one attached hydrogen (secondary N) is 1. The monoisotopic (exact) mass is 398 g/mol. The van der Waals surface area contributed by atoms with E-state index >= 15 is 0 Å². The zero-order valence-corrected chi connectivity index (χ0v) is 15.2. The summed E-state index contributed by atoms with van der Waals surface area (Å²) in [7, 11) is -4.53. The fourth-order valence-corrected chi connectivity index (χ4v) is 4.54. The molecule has 27 heavy (non-hydrogen) atoms. The lowest BCUT2D eigenvalue weighted by atomic mass is 10.00. The summed E-state index contributed by atoms with van der Waals surface area (Å²) in [6, 6.07) is 5.72. The highest BCUT2D eigenvalue weighted by Gasteiger charge is 2.31. The zero-order valence-electron chi connectivity index (χ0n) is 14.4. The molecule has 0 aliphatic carbocycles. The predicted molar refractivity (Wildman–Crippen MR) is 91.5 cm³/mol. The first-order chi connectivity index (χ1) is 12.7. The second-order valence-electron chi connectivity index (χ2n) is 6.30. The summed E-state index contributed by atoms with van der Waals surface area (Å²) in [4.78, 5) is 12.1. The second kappa shape index (κ2) is 7.32. The molecule has 0 spiro atoms. The van der Waals surface area contributed by atoms with Gasteiger partial charge in [0.1, 0.15) is 17.5 Å². The van der Waals surface area contributed by atoms with Crippen LogP contribution in [0.3, 0.4) is 0 Å². The number of carbonyl (C=O) groups excluding carboxylic acids is 1. The lowest BCUT2D eigenvalue weighted by molar-refractivity contribution is -0.129. The SMILES string of the molecule is CC(=O)N1CCC(NS(=O)(=O)c2c(F)cccc2F)c2ccc(F)cc2C1. The molecule has 0 radical (unpaired) electrons. The fraction of sp³-hybridized carbons (Fsp3) is 0.278. The predicted octanol–water partition coefficient (Wildman–Crippen LogP) is 2.88. The van der Waals surface area contributed by atoms with Gasteiger partial charge in [0.05, 0.1) is 0 Å². The summed E-state index contributed by atoms with van der Waals surface area (Å²) in [5.41, 5.74) is 0.893. The number of rotatable bonds is 3. The van der Waals surface area contributed by atoms with Gasteiger partial charge in [-0.1, -0.05) is 12.1 Å². The molecule has 1 aliphatic rings. The first-order valence-corrected chi connectivity index (χ1v) is 9.67. The van der Waals surface area contributed by atoms with Crippen LogP contribution in [0, 0.1) is 17.5 Å². The Kier molecular flexibility index (Phi) is 5.25. The van der Waals surface area contributed by atoms with Crippen LogP contribution in [0.5, 0.6) is 0 Å². The van der Waals surface area contributed by atoms with Gasteiger partial charge in [-0.3, -0.25) is 4.79 Å². The molecule has 3 rings (SSSR count). The molecule has 0 saturated heterocycles. The van der Waals surface area contributed by atoms with E-state index in [0.29, 0.717) is 11.1 Å². The van der Waals surface area contributed by atoms with Crippen LogP contribution in [0.4, 0.5) is 13.2 Å². The number of halogens is 3. The number of hydrogen-bond acceptors (Lipinski definition) is 3. The lowest BCUT2D eigenvalue weighted by Crippen LogP contribution is -2.32. The highest BCUT2D eigenvalue weighted by molar-refractivity contribution is 7.89. The van der Waals surface area contributed by atoms with Crippen LogP contribution < -0.4 is 4.72 Å². The molecule has 1 amide bonds. The van der Waals surface area contributed by atoms with Crippen LogP contribution in [-0.2, 0) is 21.4 Å². The summed E-state index contributed by atoms with van der Waals surface area (Å²) in [5.74, 6) is -3.18. The quantitative estimate of drug-likeness (QED) is 0.865. The van der Waals surface area contributed by atoms with Crippen molar-refractivity contribution < 1.29 is 26.4 Å². The molecule has 1 N–H and O–H groups in total. The molecule has 0 aromatic heterocycles. The molecule has 2 aromatic carbocycles. The average Bonchev–Trinajstić information content (AvgIpc) is 2.73. The van der Waals surface area contributed by atoms with Crippen molar-refractivity contribution in [2.45, 2.75) is 30.8 Å². The van der Waals surface area contributed by atoms with Crippen molar-refractivity contribution in [1.29, 1.82) is 0 Å². The number of nitrogens with zero attached hydrogens (tertiary/aromatic N) is 1. The molecule has 0 fully saturated rings. The third kappa shape index (κ3) is 3.98. The largest absolute Gasteiger partial charge is 0.339 e. The minimum Gasteiger partial charge on any atom is -0.339 e. The standard InChI is InChI=1S/C18H17F3N2O3S/c1-11(24)23-8-7-17(14-6-5-13(19)9-12(14)10-23)22-27(25,26)18-15(20)3-2-4-16(18)21/h2-6,9,17,22H,7-8,10H2,1H3. The average molecular weight is 398 g/mol. The highest BCUT2D eigenvalue weighted by Crippen LogP contribution is 2.30. The molecular weight excluding hydrogens is 381 g/mol. The highest BCUT2D eigenvalue weighted by atomic mass is 32.2. The Hall–Kier alpha value is -2.39. The summed E-state index contributed by atoms with van der Waals surface area (Å²) >= 11 is 0. The van der Waals surface area contributed by atoms with Crippen molar-refractivity contribution in [3.05, 3.63) is 65.0 Å². The molecule has 0 bridgehead atoms. The van der Waals surface area contributed by atoms with Gasteiger partial charge in [0, 0.05) is 26.1 Å². The molecule has 9 heteroatoms. The minimum absolute atomic E-state index is 0.120. The van der Waals surface area contributed by atoms with Crippen molar-refractivity contribution in [3.63, 3.8) is 0 Å². The molecule has 1 aliphatic heterocycles. The van der Waals surface area contributed by atoms with Gasteiger partial charge < -0.3 is 4.90 Å². The van der Waals surface area contributed by atoms with Gasteiger partial charge in [0.15, 0.2) is 4.90 Å². The van der Waals surface area contributed by atoms with Crippen molar-refractivity contribution in [2.24, 2.45) is 0 Å². The Bertz CT molecular complexity index is 975. The maximum Gasteiger partial charge on any atom is 0.246 e. The molecule has 0 saturated carbocycles. The topological polar surface area (TPSA) is 66.5 Å². The smallest absolute Gasteiger partial charge is 0.246 e. The number of hydrogen-bond donors (Lipinski definition) is 1. The minimum atomic E-state index is -4.53. The van der Waals surface area contributed by atoms with Gasteiger partial charge >= 0.3 is 0 Å². The van der Waals surface area contributed by atoms with Gasteiger partial charge in [-0.05, 0) is 41.8 Å². The Morgan fingerprint density at radius 3 is 2.44 bits per heavy atom. The molecule has 1 atom stereocenters. The molecule has 1 unspecified atom stereocenters. The summed E-state index contributed by atoms with van der Waals surface area (Å²) in [5, 5.41) is 0. The van der Waals surface area contributed by atoms with Crippen LogP contribution >= 0.6 is 0 Å². The summed E-state index contributed by atoms with van der Waals surface area (Å²) in [6.45, 7) is 1.69. The third-order valence-corrected chi connectivity index (χ3v) is 5.98. The van der Waals surface area contributed by atoms with Gasteiger partial charge in [-0.15, -0.1) is 0 Å². The number of carbonyl (C=O) groups is 1.